The number of thioether (sulfide) groups is 1. The normalized spacial score (nSPS) is 12.4. The molecule has 0 aliphatic carbocycles. The molecule has 0 radical (unpaired) electrons. The van der Waals surface area contributed by atoms with Crippen LogP contribution < -0.4 is 16.3 Å². The van der Waals surface area contributed by atoms with E-state index in [1.165, 1.54) is 9.13 Å². The Hall–Kier alpha value is -1.24. The molecule has 0 saturated heterocycles. The molecule has 0 amide bonds. The number of rotatable bonds is 8. The summed E-state index contributed by atoms with van der Waals surface area (Å²) in [5.41, 5.74) is -0.753. The summed E-state index contributed by atoms with van der Waals surface area (Å²) in [7, 11) is 3.53. The van der Waals surface area contributed by atoms with Gasteiger partial charge in [0.25, 0.3) is 0 Å². The van der Waals surface area contributed by atoms with Crippen molar-refractivity contribution >= 4 is 17.7 Å². The van der Waals surface area contributed by atoms with Crippen LogP contribution in [0.25, 0.3) is 0 Å². The Bertz CT molecular complexity index is 567. The highest BCUT2D eigenvalue weighted by atomic mass is 32.2. The van der Waals surface area contributed by atoms with Crippen molar-refractivity contribution < 1.29 is 0 Å². The second-order valence-corrected chi connectivity index (χ2v) is 6.90. The molecule has 7 heteroatoms. The molecular formula is C14H26N4O2S. The lowest BCUT2D eigenvalue weighted by Gasteiger charge is -2.21. The van der Waals surface area contributed by atoms with E-state index in [1.807, 2.05) is 18.9 Å². The van der Waals surface area contributed by atoms with E-state index in [1.54, 1.807) is 18.8 Å². The SMILES string of the molecule is CCCCN(C)c1nc(=O)n(CC(C)SCC)c(=O)n1C. The van der Waals surface area contributed by atoms with Crippen LogP contribution in [0.2, 0.25) is 0 Å². The first-order chi connectivity index (χ1) is 9.92. The molecule has 21 heavy (non-hydrogen) atoms. The highest BCUT2D eigenvalue weighted by Gasteiger charge is 2.15. The van der Waals surface area contributed by atoms with E-state index in [9.17, 15) is 9.59 Å². The zero-order chi connectivity index (χ0) is 16.0. The van der Waals surface area contributed by atoms with Crippen molar-refractivity contribution in [2.75, 3.05) is 24.2 Å². The van der Waals surface area contributed by atoms with Gasteiger partial charge in [0.2, 0.25) is 5.95 Å². The summed E-state index contributed by atoms with van der Waals surface area (Å²) in [5, 5.41) is 0.214. The van der Waals surface area contributed by atoms with E-state index in [4.69, 9.17) is 0 Å². The van der Waals surface area contributed by atoms with Gasteiger partial charge in [0, 0.05) is 32.4 Å². The maximum absolute atomic E-state index is 12.4. The highest BCUT2D eigenvalue weighted by Crippen LogP contribution is 2.10. The minimum Gasteiger partial charge on any atom is -0.345 e. The van der Waals surface area contributed by atoms with Gasteiger partial charge in [-0.1, -0.05) is 27.2 Å². The van der Waals surface area contributed by atoms with Crippen molar-refractivity contribution in [3.63, 3.8) is 0 Å². The fourth-order valence-electron chi connectivity index (χ4n) is 2.16. The molecule has 1 atom stereocenters. The van der Waals surface area contributed by atoms with Crippen molar-refractivity contribution in [3.05, 3.63) is 21.0 Å². The maximum atomic E-state index is 12.4. The lowest BCUT2D eigenvalue weighted by molar-refractivity contribution is 0.556. The maximum Gasteiger partial charge on any atom is 0.354 e. The Morgan fingerprint density at radius 2 is 2.00 bits per heavy atom. The van der Waals surface area contributed by atoms with Crippen molar-refractivity contribution in [2.45, 2.75) is 45.4 Å². The van der Waals surface area contributed by atoms with Crippen LogP contribution in [0.4, 0.5) is 5.95 Å². The molecule has 0 fully saturated rings. The summed E-state index contributed by atoms with van der Waals surface area (Å²) >= 11 is 1.72. The Morgan fingerprint density at radius 1 is 1.33 bits per heavy atom. The van der Waals surface area contributed by atoms with Crippen LogP contribution in [0.1, 0.15) is 33.6 Å². The molecule has 0 aliphatic heterocycles. The molecule has 0 bridgehead atoms. The quantitative estimate of drug-likeness (QED) is 0.724. The van der Waals surface area contributed by atoms with Crippen LogP contribution in [0, 0.1) is 0 Å². The van der Waals surface area contributed by atoms with Gasteiger partial charge in [0.05, 0.1) is 0 Å². The molecule has 120 valence electrons. The van der Waals surface area contributed by atoms with Crippen LogP contribution in [-0.2, 0) is 13.6 Å². The standard InChI is InChI=1S/C14H26N4O2S/c1-6-8-9-16(4)12-15-13(19)18(14(20)17(12)5)10-11(3)21-7-2/h11H,6-10H2,1-5H3. The molecule has 0 saturated carbocycles. The summed E-state index contributed by atoms with van der Waals surface area (Å²) < 4.78 is 2.69. The summed E-state index contributed by atoms with van der Waals surface area (Å²) in [6.45, 7) is 7.36. The second kappa shape index (κ2) is 8.26. The van der Waals surface area contributed by atoms with Gasteiger partial charge in [-0.3, -0.25) is 4.57 Å². The van der Waals surface area contributed by atoms with Crippen molar-refractivity contribution in [1.82, 2.24) is 14.1 Å². The van der Waals surface area contributed by atoms with Gasteiger partial charge < -0.3 is 4.90 Å². The molecule has 1 unspecified atom stereocenters. The van der Waals surface area contributed by atoms with Crippen molar-refractivity contribution in [1.29, 1.82) is 0 Å². The first-order valence-corrected chi connectivity index (χ1v) is 8.47. The lowest BCUT2D eigenvalue weighted by atomic mass is 10.3. The second-order valence-electron chi connectivity index (χ2n) is 5.19. The van der Waals surface area contributed by atoms with E-state index in [0.29, 0.717) is 12.5 Å². The van der Waals surface area contributed by atoms with Crippen molar-refractivity contribution in [2.24, 2.45) is 7.05 Å². The van der Waals surface area contributed by atoms with Crippen LogP contribution in [0.15, 0.2) is 9.59 Å². The number of unbranched alkanes of at least 4 members (excludes halogenated alkanes) is 1. The number of hydrogen-bond donors (Lipinski definition) is 0. The van der Waals surface area contributed by atoms with E-state index >= 15 is 0 Å². The third-order valence-electron chi connectivity index (χ3n) is 3.32. The number of nitrogens with zero attached hydrogens (tertiary/aromatic N) is 4. The molecule has 1 aromatic heterocycles. The molecule has 1 aromatic rings. The van der Waals surface area contributed by atoms with Crippen LogP contribution >= 0.6 is 11.8 Å². The molecule has 0 N–H and O–H groups in total. The van der Waals surface area contributed by atoms with Gasteiger partial charge in [-0.05, 0) is 12.2 Å². The predicted molar refractivity (Wildman–Crippen MR) is 89.5 cm³/mol. The molecule has 0 aromatic carbocycles. The lowest BCUT2D eigenvalue weighted by Crippen LogP contribution is -2.44. The third kappa shape index (κ3) is 4.62. The van der Waals surface area contributed by atoms with E-state index < -0.39 is 5.69 Å². The Kier molecular flexibility index (Phi) is 7.01. The van der Waals surface area contributed by atoms with Crippen LogP contribution in [-0.4, -0.2) is 38.7 Å². The van der Waals surface area contributed by atoms with Gasteiger partial charge in [-0.25, -0.2) is 14.2 Å². The first-order valence-electron chi connectivity index (χ1n) is 7.42. The summed E-state index contributed by atoms with van der Waals surface area (Å²) in [5.74, 6) is 1.40. The predicted octanol–water partition coefficient (Wildman–Crippen LogP) is 1.32. The third-order valence-corrected chi connectivity index (χ3v) is 4.38. The zero-order valence-corrected chi connectivity index (χ0v) is 14.4. The van der Waals surface area contributed by atoms with Crippen LogP contribution in [0.5, 0.6) is 0 Å². The monoisotopic (exact) mass is 314 g/mol. The Balaban J connectivity index is 3.09. The smallest absolute Gasteiger partial charge is 0.345 e. The summed E-state index contributed by atoms with van der Waals surface area (Å²) in [6.07, 6.45) is 2.06. The molecule has 6 nitrogen and oxygen atoms in total. The largest absolute Gasteiger partial charge is 0.354 e. The van der Waals surface area contributed by atoms with E-state index in [-0.39, 0.29) is 10.9 Å². The van der Waals surface area contributed by atoms with Crippen molar-refractivity contribution in [3.8, 4) is 0 Å². The zero-order valence-electron chi connectivity index (χ0n) is 13.6. The molecule has 1 heterocycles. The van der Waals surface area contributed by atoms with Gasteiger partial charge in [0.1, 0.15) is 0 Å². The highest BCUT2D eigenvalue weighted by molar-refractivity contribution is 7.99. The van der Waals surface area contributed by atoms with Gasteiger partial charge in [-0.15, -0.1) is 0 Å². The average molecular weight is 314 g/mol. The minimum absolute atomic E-state index is 0.214. The fourth-order valence-corrected chi connectivity index (χ4v) is 2.98. The number of aromatic nitrogens is 3. The minimum atomic E-state index is -0.458. The topological polar surface area (TPSA) is 60.1 Å². The van der Waals surface area contributed by atoms with Gasteiger partial charge in [0.15, 0.2) is 0 Å². The Labute approximate surface area is 130 Å². The summed E-state index contributed by atoms with van der Waals surface area (Å²) in [4.78, 5) is 30.5. The first kappa shape index (κ1) is 17.8. The molecule has 1 rings (SSSR count). The Morgan fingerprint density at radius 3 is 2.57 bits per heavy atom. The van der Waals surface area contributed by atoms with E-state index in [0.717, 1.165) is 25.1 Å². The average Bonchev–Trinajstić information content (AvgIpc) is 2.45. The fraction of sp³-hybridized carbons (Fsp3) is 0.786. The van der Waals surface area contributed by atoms with Crippen LogP contribution in [0.3, 0.4) is 0 Å². The van der Waals surface area contributed by atoms with E-state index in [2.05, 4.69) is 18.8 Å². The summed E-state index contributed by atoms with van der Waals surface area (Å²) in [6, 6.07) is 0. The van der Waals surface area contributed by atoms with Gasteiger partial charge >= 0.3 is 11.4 Å². The number of anilines is 1. The number of hydrogen-bond acceptors (Lipinski definition) is 5. The molecule has 0 aliphatic rings. The van der Waals surface area contributed by atoms with Gasteiger partial charge in [-0.2, -0.15) is 16.7 Å². The molecule has 0 spiro atoms. The molecular weight excluding hydrogens is 288 g/mol.